The number of aromatic amines is 1. The molecule has 3 aromatic rings. The van der Waals surface area contributed by atoms with Gasteiger partial charge in [-0.1, -0.05) is 12.1 Å². The van der Waals surface area contributed by atoms with Gasteiger partial charge in [-0.2, -0.15) is 0 Å². The van der Waals surface area contributed by atoms with Crippen LogP contribution in [-0.2, 0) is 4.79 Å². The van der Waals surface area contributed by atoms with E-state index in [4.69, 9.17) is 4.74 Å². The molecule has 1 aromatic heterocycles. The third kappa shape index (κ3) is 3.16. The third-order valence-corrected chi connectivity index (χ3v) is 3.96. The lowest BCUT2D eigenvalue weighted by atomic mass is 10.2. The molecule has 7 nitrogen and oxygen atoms in total. The minimum absolute atomic E-state index is 0.353. The number of anilines is 1. The molecule has 7 heteroatoms. The molecule has 0 aliphatic heterocycles. The Balaban J connectivity index is 1.93. The van der Waals surface area contributed by atoms with E-state index in [9.17, 15) is 14.4 Å². The van der Waals surface area contributed by atoms with Gasteiger partial charge in [0.25, 0.3) is 5.56 Å². The standard InChI is InChI=1S/C18H17N3O4/c1-11(16(22)19-12-7-9-13(25-2)10-8-12)21-17(23)14-5-3-4-6-15(14)20-18(21)24/h3-11H,1-2H3,(H,19,22)(H,20,24)/t11-/m0/s1. The van der Waals surface area contributed by atoms with E-state index in [2.05, 4.69) is 10.3 Å². The summed E-state index contributed by atoms with van der Waals surface area (Å²) >= 11 is 0. The Morgan fingerprint density at radius 1 is 1.12 bits per heavy atom. The molecule has 0 bridgehead atoms. The second kappa shape index (κ2) is 6.64. The van der Waals surface area contributed by atoms with Crippen molar-refractivity contribution >= 4 is 22.5 Å². The van der Waals surface area contributed by atoms with Gasteiger partial charge in [0.15, 0.2) is 0 Å². The van der Waals surface area contributed by atoms with Gasteiger partial charge < -0.3 is 15.0 Å². The average molecular weight is 339 g/mol. The Hall–Kier alpha value is -3.35. The minimum atomic E-state index is -0.969. The van der Waals surface area contributed by atoms with Crippen molar-refractivity contribution in [2.24, 2.45) is 0 Å². The van der Waals surface area contributed by atoms with Crippen LogP contribution in [0.15, 0.2) is 58.1 Å². The number of methoxy groups -OCH3 is 1. The number of H-pyrrole nitrogens is 1. The number of ether oxygens (including phenoxy) is 1. The van der Waals surface area contributed by atoms with Crippen LogP contribution in [0.3, 0.4) is 0 Å². The van der Waals surface area contributed by atoms with Crippen LogP contribution in [-0.4, -0.2) is 22.6 Å². The fourth-order valence-corrected chi connectivity index (χ4v) is 2.57. The lowest BCUT2D eigenvalue weighted by molar-refractivity contribution is -0.119. The summed E-state index contributed by atoms with van der Waals surface area (Å²) in [6.45, 7) is 1.50. The zero-order valence-electron chi connectivity index (χ0n) is 13.8. The average Bonchev–Trinajstić information content (AvgIpc) is 2.62. The smallest absolute Gasteiger partial charge is 0.329 e. The molecule has 0 aliphatic carbocycles. The summed E-state index contributed by atoms with van der Waals surface area (Å²) in [6, 6.07) is 12.5. The first-order chi connectivity index (χ1) is 12.0. The normalized spacial score (nSPS) is 11.9. The van der Waals surface area contributed by atoms with E-state index < -0.39 is 23.2 Å². The Labute approximate surface area is 142 Å². The van der Waals surface area contributed by atoms with E-state index >= 15 is 0 Å². The molecule has 25 heavy (non-hydrogen) atoms. The molecule has 1 heterocycles. The molecule has 3 rings (SSSR count). The van der Waals surface area contributed by atoms with Crippen molar-refractivity contribution in [3.8, 4) is 5.75 Å². The molecule has 2 aromatic carbocycles. The summed E-state index contributed by atoms with van der Waals surface area (Å²) in [5.41, 5.74) is -0.141. The number of rotatable bonds is 4. The van der Waals surface area contributed by atoms with Gasteiger partial charge in [0.2, 0.25) is 5.91 Å². The molecule has 1 amide bonds. The van der Waals surface area contributed by atoms with Crippen LogP contribution in [0.5, 0.6) is 5.75 Å². The molecule has 1 atom stereocenters. The number of fused-ring (bicyclic) bond motifs is 1. The molecule has 0 radical (unpaired) electrons. The van der Waals surface area contributed by atoms with E-state index in [1.807, 2.05) is 0 Å². The van der Waals surface area contributed by atoms with E-state index in [1.165, 1.54) is 6.92 Å². The van der Waals surface area contributed by atoms with E-state index in [-0.39, 0.29) is 0 Å². The van der Waals surface area contributed by atoms with E-state index in [0.29, 0.717) is 22.3 Å². The molecule has 0 saturated carbocycles. The molecular weight excluding hydrogens is 322 g/mol. The number of benzene rings is 2. The quantitative estimate of drug-likeness (QED) is 0.759. The van der Waals surface area contributed by atoms with Crippen molar-refractivity contribution in [1.82, 2.24) is 9.55 Å². The predicted octanol–water partition coefficient (Wildman–Crippen LogP) is 1.90. The third-order valence-electron chi connectivity index (χ3n) is 3.96. The van der Waals surface area contributed by atoms with Gasteiger partial charge in [0.1, 0.15) is 11.8 Å². The Kier molecular flexibility index (Phi) is 4.38. The van der Waals surface area contributed by atoms with Crippen molar-refractivity contribution in [3.63, 3.8) is 0 Å². The maximum Gasteiger partial charge on any atom is 0.329 e. The Morgan fingerprint density at radius 2 is 1.80 bits per heavy atom. The van der Waals surface area contributed by atoms with Gasteiger partial charge >= 0.3 is 5.69 Å². The first-order valence-electron chi connectivity index (χ1n) is 7.69. The highest BCUT2D eigenvalue weighted by Gasteiger charge is 2.20. The van der Waals surface area contributed by atoms with Crippen LogP contribution in [0.25, 0.3) is 10.9 Å². The highest BCUT2D eigenvalue weighted by Crippen LogP contribution is 2.16. The molecule has 0 saturated heterocycles. The number of carbonyl (C=O) groups is 1. The highest BCUT2D eigenvalue weighted by molar-refractivity contribution is 5.93. The van der Waals surface area contributed by atoms with Gasteiger partial charge in [-0.05, 0) is 43.3 Å². The monoisotopic (exact) mass is 339 g/mol. The molecule has 0 spiro atoms. The molecule has 128 valence electrons. The van der Waals surface area contributed by atoms with Gasteiger partial charge in [-0.15, -0.1) is 0 Å². The van der Waals surface area contributed by atoms with E-state index in [1.54, 1.807) is 55.6 Å². The fourth-order valence-electron chi connectivity index (χ4n) is 2.57. The topological polar surface area (TPSA) is 93.2 Å². The summed E-state index contributed by atoms with van der Waals surface area (Å²) in [4.78, 5) is 39.9. The van der Waals surface area contributed by atoms with Crippen molar-refractivity contribution < 1.29 is 9.53 Å². The highest BCUT2D eigenvalue weighted by atomic mass is 16.5. The van der Waals surface area contributed by atoms with Crippen LogP contribution in [0.4, 0.5) is 5.69 Å². The molecule has 0 aliphatic rings. The van der Waals surface area contributed by atoms with Gasteiger partial charge in [-0.3, -0.25) is 9.59 Å². The van der Waals surface area contributed by atoms with Gasteiger partial charge in [0, 0.05) is 5.69 Å². The van der Waals surface area contributed by atoms with Gasteiger partial charge in [-0.25, -0.2) is 9.36 Å². The fraction of sp³-hybridized carbons (Fsp3) is 0.167. The summed E-state index contributed by atoms with van der Waals surface area (Å²) < 4.78 is 5.98. The summed E-state index contributed by atoms with van der Waals surface area (Å²) in [5.74, 6) is 0.196. The molecule has 0 fully saturated rings. The number of hydrogen-bond acceptors (Lipinski definition) is 4. The van der Waals surface area contributed by atoms with Crippen LogP contribution in [0, 0.1) is 0 Å². The summed E-state index contributed by atoms with van der Waals surface area (Å²) in [5, 5.41) is 3.04. The summed E-state index contributed by atoms with van der Waals surface area (Å²) in [7, 11) is 1.55. The van der Waals surface area contributed by atoms with Crippen molar-refractivity contribution in [1.29, 1.82) is 0 Å². The number of nitrogens with one attached hydrogen (secondary N) is 2. The molecular formula is C18H17N3O4. The zero-order chi connectivity index (χ0) is 18.0. The maximum absolute atomic E-state index is 12.6. The van der Waals surface area contributed by atoms with E-state index in [0.717, 1.165) is 4.57 Å². The number of aromatic nitrogens is 2. The SMILES string of the molecule is COc1ccc(NC(=O)[C@H](C)n2c(=O)[nH]c3ccccc3c2=O)cc1. The number of amides is 1. The second-order valence-corrected chi connectivity index (χ2v) is 5.54. The number of carbonyl (C=O) groups excluding carboxylic acids is 1. The second-order valence-electron chi connectivity index (χ2n) is 5.54. The van der Waals surface area contributed by atoms with Crippen LogP contribution >= 0.6 is 0 Å². The first kappa shape index (κ1) is 16.5. The zero-order valence-corrected chi connectivity index (χ0v) is 13.8. The lowest BCUT2D eigenvalue weighted by Crippen LogP contribution is -2.41. The Morgan fingerprint density at radius 3 is 2.48 bits per heavy atom. The maximum atomic E-state index is 12.6. The molecule has 2 N–H and O–H groups in total. The Bertz CT molecular complexity index is 1030. The predicted molar refractivity (Wildman–Crippen MR) is 95.2 cm³/mol. The summed E-state index contributed by atoms with van der Waals surface area (Å²) in [6.07, 6.45) is 0. The number of para-hydroxylation sites is 1. The number of hydrogen-bond donors (Lipinski definition) is 2. The van der Waals surface area contributed by atoms with Crippen LogP contribution in [0.2, 0.25) is 0 Å². The molecule has 0 unspecified atom stereocenters. The number of nitrogens with zero attached hydrogens (tertiary/aromatic N) is 1. The van der Waals surface area contributed by atoms with Gasteiger partial charge in [0.05, 0.1) is 18.0 Å². The minimum Gasteiger partial charge on any atom is -0.497 e. The van der Waals surface area contributed by atoms with Crippen molar-refractivity contribution in [2.75, 3.05) is 12.4 Å². The first-order valence-corrected chi connectivity index (χ1v) is 7.69. The van der Waals surface area contributed by atoms with Crippen molar-refractivity contribution in [2.45, 2.75) is 13.0 Å². The van der Waals surface area contributed by atoms with Crippen molar-refractivity contribution in [3.05, 3.63) is 69.4 Å². The van der Waals surface area contributed by atoms with Crippen LogP contribution in [0.1, 0.15) is 13.0 Å². The lowest BCUT2D eigenvalue weighted by Gasteiger charge is -2.15. The largest absolute Gasteiger partial charge is 0.497 e. The van der Waals surface area contributed by atoms with Crippen LogP contribution < -0.4 is 21.3 Å².